The summed E-state index contributed by atoms with van der Waals surface area (Å²) >= 11 is 4.86. The molecule has 0 aliphatic heterocycles. The van der Waals surface area contributed by atoms with E-state index in [-0.39, 0.29) is 17.6 Å². The summed E-state index contributed by atoms with van der Waals surface area (Å²) in [5.74, 6) is 0. The lowest BCUT2D eigenvalue weighted by atomic mass is 10.9. The van der Waals surface area contributed by atoms with E-state index in [1.165, 1.54) is 13.8 Å². The quantitative estimate of drug-likeness (QED) is 0.535. The molecule has 0 unspecified atom stereocenters. The van der Waals surface area contributed by atoms with E-state index in [0.29, 0.717) is 0 Å². The number of hydrogen-bond acceptors (Lipinski definition) is 2. The summed E-state index contributed by atoms with van der Waals surface area (Å²) in [6, 6.07) is 1.75. The van der Waals surface area contributed by atoms with Crippen molar-refractivity contribution in [3.8, 4) is 6.07 Å². The molecular formula is C4H8Cl2N2. The number of rotatable bonds is 0. The van der Waals surface area contributed by atoms with E-state index in [2.05, 4.69) is 0 Å². The van der Waals surface area contributed by atoms with Crippen molar-refractivity contribution in [1.29, 1.82) is 10.7 Å². The fourth-order valence-corrected chi connectivity index (χ4v) is 0. The smallest absolute Gasteiger partial charge is 0.0937 e. The van der Waals surface area contributed by atoms with Gasteiger partial charge in [0.05, 0.1) is 11.2 Å². The lowest BCUT2D eigenvalue weighted by Gasteiger charge is -1.59. The van der Waals surface area contributed by atoms with Crippen LogP contribution in [0.3, 0.4) is 0 Å². The van der Waals surface area contributed by atoms with Crippen molar-refractivity contribution in [2.45, 2.75) is 13.8 Å². The second kappa shape index (κ2) is 15.9. The van der Waals surface area contributed by atoms with Gasteiger partial charge < -0.3 is 0 Å². The van der Waals surface area contributed by atoms with E-state index in [4.69, 9.17) is 22.3 Å². The van der Waals surface area contributed by atoms with Gasteiger partial charge in [0.25, 0.3) is 0 Å². The van der Waals surface area contributed by atoms with Gasteiger partial charge in [-0.05, 0) is 6.92 Å². The Morgan fingerprint density at radius 1 is 1.75 bits per heavy atom. The molecule has 0 radical (unpaired) electrons. The van der Waals surface area contributed by atoms with Crippen molar-refractivity contribution in [2.75, 3.05) is 0 Å². The minimum atomic E-state index is 0. The third-order valence-electron chi connectivity index (χ3n) is 0. The Hall–Kier alpha value is -0.260. The highest BCUT2D eigenvalue weighted by molar-refractivity contribution is 6.63. The Balaban J connectivity index is -0.0000000575. The first kappa shape index (κ1) is 15.6. The van der Waals surface area contributed by atoms with Crippen molar-refractivity contribution in [3.05, 3.63) is 0 Å². The molecule has 4 heteroatoms. The molecule has 0 spiro atoms. The topological polar surface area (TPSA) is 47.6 Å². The number of halogens is 2. The van der Waals surface area contributed by atoms with E-state index >= 15 is 0 Å². The third kappa shape index (κ3) is 1910. The van der Waals surface area contributed by atoms with E-state index in [1.54, 1.807) is 6.07 Å². The zero-order valence-corrected chi connectivity index (χ0v) is 6.31. The van der Waals surface area contributed by atoms with E-state index in [0.717, 1.165) is 0 Å². The molecule has 0 heterocycles. The van der Waals surface area contributed by atoms with Gasteiger partial charge in [0.2, 0.25) is 0 Å². The standard InChI is InChI=1S/C2H4ClN.C2H3N.ClH/c1-2(3)4;1-2-3;/h4H,1H3;1H3;1H. The van der Waals surface area contributed by atoms with Crippen LogP contribution in [-0.2, 0) is 0 Å². The number of nitrogens with one attached hydrogen (secondary N) is 1. The molecular weight excluding hydrogens is 147 g/mol. The summed E-state index contributed by atoms with van der Waals surface area (Å²) in [5.41, 5.74) is 0. The van der Waals surface area contributed by atoms with Gasteiger partial charge in [-0.3, -0.25) is 5.41 Å². The van der Waals surface area contributed by atoms with Crippen LogP contribution in [0.1, 0.15) is 13.8 Å². The molecule has 0 aromatic heterocycles. The second-order valence-electron chi connectivity index (χ2n) is 0.757. The van der Waals surface area contributed by atoms with Gasteiger partial charge in [-0.2, -0.15) is 5.26 Å². The highest BCUT2D eigenvalue weighted by Gasteiger charge is 1.59. The fraction of sp³-hybridized carbons (Fsp3) is 0.500. The largest absolute Gasteiger partial charge is 0.293 e. The molecule has 8 heavy (non-hydrogen) atoms. The van der Waals surface area contributed by atoms with Crippen LogP contribution in [-0.4, -0.2) is 5.17 Å². The molecule has 0 aromatic carbocycles. The maximum absolute atomic E-state index is 7.32. The molecule has 2 nitrogen and oxygen atoms in total. The van der Waals surface area contributed by atoms with Gasteiger partial charge >= 0.3 is 0 Å². The molecule has 0 atom stereocenters. The molecule has 0 saturated heterocycles. The van der Waals surface area contributed by atoms with Crippen LogP contribution in [0.4, 0.5) is 0 Å². The van der Waals surface area contributed by atoms with Crippen LogP contribution >= 0.6 is 24.0 Å². The van der Waals surface area contributed by atoms with Gasteiger partial charge in [0, 0.05) is 6.92 Å². The first-order chi connectivity index (χ1) is 3.15. The Labute approximate surface area is 60.4 Å². The molecule has 48 valence electrons. The van der Waals surface area contributed by atoms with Crippen LogP contribution < -0.4 is 0 Å². The molecule has 0 aromatic rings. The molecule has 0 fully saturated rings. The summed E-state index contributed by atoms with van der Waals surface area (Å²) in [4.78, 5) is 0. The van der Waals surface area contributed by atoms with Crippen molar-refractivity contribution in [2.24, 2.45) is 0 Å². The van der Waals surface area contributed by atoms with E-state index in [1.807, 2.05) is 0 Å². The predicted molar refractivity (Wildman–Crippen MR) is 37.8 cm³/mol. The maximum atomic E-state index is 7.32. The number of nitriles is 1. The van der Waals surface area contributed by atoms with Crippen LogP contribution in [0, 0.1) is 16.7 Å². The van der Waals surface area contributed by atoms with Gasteiger partial charge in [-0.1, -0.05) is 11.6 Å². The van der Waals surface area contributed by atoms with Crippen molar-refractivity contribution in [3.63, 3.8) is 0 Å². The zero-order valence-electron chi connectivity index (χ0n) is 4.73. The normalized spacial score (nSPS) is 4.25. The van der Waals surface area contributed by atoms with Gasteiger partial charge in [-0.15, -0.1) is 12.4 Å². The van der Waals surface area contributed by atoms with Gasteiger partial charge in [0.1, 0.15) is 0 Å². The Kier molecular flexibility index (Phi) is 31.1. The SMILES string of the molecule is CC#N.CC(=N)Cl.Cl. The lowest BCUT2D eigenvalue weighted by Crippen LogP contribution is -1.59. The molecule has 1 N–H and O–H groups in total. The molecule has 0 saturated carbocycles. The van der Waals surface area contributed by atoms with Gasteiger partial charge in [0.15, 0.2) is 0 Å². The van der Waals surface area contributed by atoms with Crippen LogP contribution in [0.25, 0.3) is 0 Å². The summed E-state index contributed by atoms with van der Waals surface area (Å²) in [5, 5.41) is 13.7. The monoisotopic (exact) mass is 154 g/mol. The Morgan fingerprint density at radius 3 is 1.75 bits per heavy atom. The highest BCUT2D eigenvalue weighted by Crippen LogP contribution is 1.69. The van der Waals surface area contributed by atoms with E-state index < -0.39 is 0 Å². The summed E-state index contributed by atoms with van der Waals surface area (Å²) in [7, 11) is 0. The minimum Gasteiger partial charge on any atom is -0.293 e. The summed E-state index contributed by atoms with van der Waals surface area (Å²) in [6.07, 6.45) is 0. The minimum absolute atomic E-state index is 0. The summed E-state index contributed by atoms with van der Waals surface area (Å²) in [6.45, 7) is 2.95. The lowest BCUT2D eigenvalue weighted by molar-refractivity contribution is 1.49. The zero-order chi connectivity index (χ0) is 6.28. The Bertz CT molecular complexity index is 80.5. The predicted octanol–water partition coefficient (Wildman–Crippen LogP) is 2.17. The number of nitrogens with zero attached hydrogens (tertiary/aromatic N) is 1. The van der Waals surface area contributed by atoms with Crippen molar-refractivity contribution >= 4 is 29.2 Å². The molecule has 0 amide bonds. The van der Waals surface area contributed by atoms with Crippen LogP contribution in [0.2, 0.25) is 0 Å². The van der Waals surface area contributed by atoms with E-state index in [9.17, 15) is 0 Å². The first-order valence-corrected chi connectivity index (χ1v) is 2.04. The number of hydrogen-bond donors (Lipinski definition) is 1. The Morgan fingerprint density at radius 2 is 1.75 bits per heavy atom. The van der Waals surface area contributed by atoms with Crippen molar-refractivity contribution in [1.82, 2.24) is 0 Å². The summed E-state index contributed by atoms with van der Waals surface area (Å²) < 4.78 is 0. The molecule has 0 rings (SSSR count). The third-order valence-corrected chi connectivity index (χ3v) is 0. The highest BCUT2D eigenvalue weighted by atomic mass is 35.5. The molecule has 0 aliphatic carbocycles. The van der Waals surface area contributed by atoms with Crippen LogP contribution in [0.15, 0.2) is 0 Å². The van der Waals surface area contributed by atoms with Gasteiger partial charge in [-0.25, -0.2) is 0 Å². The average Bonchev–Trinajstić information content (AvgIpc) is 1.33. The fourth-order valence-electron chi connectivity index (χ4n) is 0. The maximum Gasteiger partial charge on any atom is 0.0937 e. The first-order valence-electron chi connectivity index (χ1n) is 1.66. The second-order valence-corrected chi connectivity index (χ2v) is 1.32. The molecule has 0 bridgehead atoms. The average molecular weight is 155 g/mol. The van der Waals surface area contributed by atoms with Crippen molar-refractivity contribution < 1.29 is 0 Å². The van der Waals surface area contributed by atoms with Crippen LogP contribution in [0.5, 0.6) is 0 Å². The molecule has 0 aliphatic rings.